The summed E-state index contributed by atoms with van der Waals surface area (Å²) in [5.41, 5.74) is 0.470. The molecule has 3 heteroatoms. The van der Waals surface area contributed by atoms with Gasteiger partial charge in [0, 0.05) is 0 Å². The molecule has 1 aromatic carbocycles. The van der Waals surface area contributed by atoms with Gasteiger partial charge in [0.2, 0.25) is 0 Å². The van der Waals surface area contributed by atoms with E-state index in [0.717, 1.165) is 24.2 Å². The molecule has 0 bridgehead atoms. The van der Waals surface area contributed by atoms with Gasteiger partial charge in [-0.25, -0.2) is 4.79 Å². The molecule has 0 aliphatic rings. The Labute approximate surface area is 195 Å². The molecule has 1 heterocycles. The third kappa shape index (κ3) is 9.00. The Bertz CT molecular complexity index is 851. The first-order valence-corrected chi connectivity index (χ1v) is 13.0. The summed E-state index contributed by atoms with van der Waals surface area (Å²) in [6.07, 6.45) is 13.4. The zero-order valence-corrected chi connectivity index (χ0v) is 21.2. The number of benzene rings is 1. The Hall–Kier alpha value is -1.77. The number of hydrogen-bond acceptors (Lipinski definition) is 3. The van der Waals surface area contributed by atoms with Crippen molar-refractivity contribution in [2.75, 3.05) is 0 Å². The lowest BCUT2D eigenvalue weighted by molar-refractivity contribution is 0.373. The van der Waals surface area contributed by atoms with Crippen molar-refractivity contribution < 1.29 is 9.52 Å². The number of hydrogen-bond donors (Lipinski definition) is 1. The number of aromatic hydroxyl groups is 1. The smallest absolute Gasteiger partial charge is 0.343 e. The third-order valence-electron chi connectivity index (χ3n) is 7.03. The first-order valence-electron chi connectivity index (χ1n) is 13.0. The Kier molecular flexibility index (Phi) is 11.3. The fourth-order valence-electron chi connectivity index (χ4n) is 4.72. The van der Waals surface area contributed by atoms with E-state index >= 15 is 0 Å². The van der Waals surface area contributed by atoms with Crippen LogP contribution in [0, 0.1) is 23.7 Å². The molecule has 2 rings (SSSR count). The van der Waals surface area contributed by atoms with Crippen molar-refractivity contribution in [2.45, 2.75) is 105 Å². The maximum Gasteiger partial charge on any atom is 0.343 e. The molecule has 32 heavy (non-hydrogen) atoms. The van der Waals surface area contributed by atoms with Gasteiger partial charge in [-0.15, -0.1) is 0 Å². The maximum absolute atomic E-state index is 12.3. The van der Waals surface area contributed by atoms with E-state index in [1.165, 1.54) is 57.8 Å². The van der Waals surface area contributed by atoms with E-state index in [1.807, 2.05) is 12.1 Å². The molecule has 180 valence electrons. The summed E-state index contributed by atoms with van der Waals surface area (Å²) in [4.78, 5) is 12.3. The largest absolute Gasteiger partial charge is 0.507 e. The number of para-hydroxylation sites is 1. The highest BCUT2D eigenvalue weighted by molar-refractivity contribution is 5.83. The van der Waals surface area contributed by atoms with Crippen molar-refractivity contribution in [3.8, 4) is 5.75 Å². The molecule has 0 aliphatic heterocycles. The lowest BCUT2D eigenvalue weighted by atomic mass is 9.90. The molecule has 2 aromatic rings. The molecular formula is C29H46O3. The molecule has 0 saturated heterocycles. The monoisotopic (exact) mass is 442 g/mol. The highest BCUT2D eigenvalue weighted by atomic mass is 16.4. The summed E-state index contributed by atoms with van der Waals surface area (Å²) in [6.45, 7) is 11.7. The van der Waals surface area contributed by atoms with Gasteiger partial charge in [-0.2, -0.15) is 0 Å². The van der Waals surface area contributed by atoms with E-state index in [4.69, 9.17) is 4.42 Å². The van der Waals surface area contributed by atoms with Gasteiger partial charge in [0.05, 0.1) is 10.9 Å². The van der Waals surface area contributed by atoms with Crippen LogP contribution in [0.25, 0.3) is 11.0 Å². The molecule has 0 radical (unpaired) electrons. The van der Waals surface area contributed by atoms with Crippen molar-refractivity contribution in [3.63, 3.8) is 0 Å². The minimum Gasteiger partial charge on any atom is -0.507 e. The first-order chi connectivity index (χ1) is 15.3. The molecular weight excluding hydrogens is 396 g/mol. The summed E-state index contributed by atoms with van der Waals surface area (Å²) in [6, 6.07) is 7.18. The molecule has 3 unspecified atom stereocenters. The molecule has 1 N–H and O–H groups in total. The van der Waals surface area contributed by atoms with Crippen LogP contribution in [-0.4, -0.2) is 5.11 Å². The average molecular weight is 443 g/mol. The van der Waals surface area contributed by atoms with Crippen molar-refractivity contribution in [2.24, 2.45) is 23.7 Å². The van der Waals surface area contributed by atoms with E-state index < -0.39 is 5.63 Å². The van der Waals surface area contributed by atoms with Crippen molar-refractivity contribution in [1.29, 1.82) is 0 Å². The Morgan fingerprint density at radius 2 is 1.25 bits per heavy atom. The lowest BCUT2D eigenvalue weighted by Gasteiger charge is -2.16. The zero-order chi connectivity index (χ0) is 23.5. The minimum atomic E-state index is -0.402. The van der Waals surface area contributed by atoms with E-state index in [9.17, 15) is 9.90 Å². The van der Waals surface area contributed by atoms with Gasteiger partial charge in [-0.1, -0.05) is 105 Å². The number of rotatable bonds is 15. The van der Waals surface area contributed by atoms with Gasteiger partial charge in [0.15, 0.2) is 0 Å². The molecule has 0 saturated carbocycles. The van der Waals surface area contributed by atoms with Crippen LogP contribution < -0.4 is 5.63 Å². The molecule has 0 aliphatic carbocycles. The summed E-state index contributed by atoms with van der Waals surface area (Å²) < 4.78 is 5.39. The van der Waals surface area contributed by atoms with Crippen LogP contribution in [0.5, 0.6) is 5.75 Å². The highest BCUT2D eigenvalue weighted by Gasteiger charge is 2.15. The predicted octanol–water partition coefficient (Wildman–Crippen LogP) is 8.51. The second-order valence-corrected chi connectivity index (χ2v) is 10.8. The van der Waals surface area contributed by atoms with Crippen LogP contribution in [0.4, 0.5) is 0 Å². The minimum absolute atomic E-state index is 0.0936. The fraction of sp³-hybridized carbons (Fsp3) is 0.690. The van der Waals surface area contributed by atoms with E-state index in [2.05, 4.69) is 34.6 Å². The van der Waals surface area contributed by atoms with E-state index in [-0.39, 0.29) is 5.75 Å². The fourth-order valence-corrected chi connectivity index (χ4v) is 4.72. The van der Waals surface area contributed by atoms with E-state index in [1.54, 1.807) is 12.1 Å². The van der Waals surface area contributed by atoms with Gasteiger partial charge in [-0.05, 0) is 48.6 Å². The van der Waals surface area contributed by atoms with Crippen LogP contribution in [0.3, 0.4) is 0 Å². The second kappa shape index (κ2) is 13.7. The molecule has 3 atom stereocenters. The second-order valence-electron chi connectivity index (χ2n) is 10.8. The average Bonchev–Trinajstić information content (AvgIpc) is 2.73. The summed E-state index contributed by atoms with van der Waals surface area (Å²) >= 11 is 0. The summed E-state index contributed by atoms with van der Waals surface area (Å²) in [5.74, 6) is 3.12. The number of fused-ring (bicyclic) bond motifs is 1. The summed E-state index contributed by atoms with van der Waals surface area (Å²) in [7, 11) is 0. The molecule has 0 spiro atoms. The molecule has 0 amide bonds. The van der Waals surface area contributed by atoms with Crippen LogP contribution in [-0.2, 0) is 6.42 Å². The van der Waals surface area contributed by atoms with Crippen molar-refractivity contribution in [1.82, 2.24) is 0 Å². The van der Waals surface area contributed by atoms with E-state index in [0.29, 0.717) is 28.9 Å². The Morgan fingerprint density at radius 1 is 0.750 bits per heavy atom. The molecule has 1 aromatic heterocycles. The van der Waals surface area contributed by atoms with Gasteiger partial charge in [0.25, 0.3) is 0 Å². The van der Waals surface area contributed by atoms with Gasteiger partial charge >= 0.3 is 5.63 Å². The maximum atomic E-state index is 12.3. The first kappa shape index (κ1) is 26.5. The zero-order valence-electron chi connectivity index (χ0n) is 21.2. The highest BCUT2D eigenvalue weighted by Crippen LogP contribution is 2.28. The van der Waals surface area contributed by atoms with Crippen molar-refractivity contribution in [3.05, 3.63) is 40.2 Å². The molecule has 3 nitrogen and oxygen atoms in total. The van der Waals surface area contributed by atoms with Crippen molar-refractivity contribution >= 4 is 11.0 Å². The van der Waals surface area contributed by atoms with Crippen LogP contribution in [0.15, 0.2) is 33.5 Å². The Balaban J connectivity index is 1.64. The van der Waals surface area contributed by atoms with Crippen LogP contribution in [0.1, 0.15) is 104 Å². The van der Waals surface area contributed by atoms with Gasteiger partial charge in [-0.3, -0.25) is 0 Å². The van der Waals surface area contributed by atoms with Crippen LogP contribution >= 0.6 is 0 Å². The standard InChI is InChI=1S/C29H46O3/c1-21(2)11-8-12-22(3)13-9-14-23(4)15-10-16-24(5)19-20-26-28(30)25-17-6-7-18-27(25)32-29(26)31/h6-7,17-18,21-24,30H,8-16,19-20H2,1-5H3. The quantitative estimate of drug-likeness (QED) is 0.281. The normalized spacial score (nSPS) is 14.7. The molecule has 0 fully saturated rings. The van der Waals surface area contributed by atoms with Gasteiger partial charge < -0.3 is 9.52 Å². The predicted molar refractivity (Wildman–Crippen MR) is 136 cm³/mol. The third-order valence-corrected chi connectivity index (χ3v) is 7.03. The summed E-state index contributed by atoms with van der Waals surface area (Å²) in [5, 5.41) is 11.1. The topological polar surface area (TPSA) is 50.4 Å². The SMILES string of the molecule is CC(C)CCCC(C)CCCC(C)CCCC(C)CCc1c(O)c2ccccc2oc1=O. The lowest BCUT2D eigenvalue weighted by Crippen LogP contribution is -2.10. The van der Waals surface area contributed by atoms with Gasteiger partial charge in [0.1, 0.15) is 11.3 Å². The van der Waals surface area contributed by atoms with Crippen LogP contribution in [0.2, 0.25) is 0 Å². The Morgan fingerprint density at radius 3 is 1.81 bits per heavy atom.